The van der Waals surface area contributed by atoms with Crippen molar-refractivity contribution < 1.29 is 13.5 Å². The Bertz CT molecular complexity index is 781. The minimum atomic E-state index is -3.76. The molecule has 0 saturated carbocycles. The standard InChI is InChI=1S/C14H13Cl2NO3S/c1-8-3-4-9(2)13(5-8)21(19,20)17-10-6-11(15)14(18)12(16)7-10/h3-7,17-18H,1-2H3. The first kappa shape index (κ1) is 15.9. The van der Waals surface area contributed by atoms with Gasteiger partial charge >= 0.3 is 0 Å². The zero-order valence-corrected chi connectivity index (χ0v) is 13.6. The van der Waals surface area contributed by atoms with E-state index in [9.17, 15) is 13.5 Å². The molecular formula is C14H13Cl2NO3S. The molecule has 0 radical (unpaired) electrons. The summed E-state index contributed by atoms with van der Waals surface area (Å²) in [4.78, 5) is 0.183. The number of hydrogen-bond acceptors (Lipinski definition) is 3. The van der Waals surface area contributed by atoms with Crippen LogP contribution in [-0.4, -0.2) is 13.5 Å². The Morgan fingerprint density at radius 3 is 2.19 bits per heavy atom. The lowest BCUT2D eigenvalue weighted by molar-refractivity contribution is 0.476. The molecule has 2 N–H and O–H groups in total. The monoisotopic (exact) mass is 345 g/mol. The van der Waals surface area contributed by atoms with Crippen molar-refractivity contribution in [3.8, 4) is 5.75 Å². The van der Waals surface area contributed by atoms with Crippen LogP contribution in [0.2, 0.25) is 10.0 Å². The third-order valence-corrected chi connectivity index (χ3v) is 5.00. The van der Waals surface area contributed by atoms with E-state index in [0.717, 1.165) is 5.56 Å². The summed E-state index contributed by atoms with van der Waals surface area (Å²) in [5.74, 6) is -0.284. The van der Waals surface area contributed by atoms with Crippen LogP contribution < -0.4 is 4.72 Å². The Morgan fingerprint density at radius 2 is 1.62 bits per heavy atom. The van der Waals surface area contributed by atoms with Crippen LogP contribution >= 0.6 is 23.2 Å². The average Bonchev–Trinajstić information content (AvgIpc) is 2.38. The van der Waals surface area contributed by atoms with Gasteiger partial charge in [0.15, 0.2) is 5.75 Å². The van der Waals surface area contributed by atoms with Crippen LogP contribution in [-0.2, 0) is 10.0 Å². The van der Waals surface area contributed by atoms with Crippen LogP contribution in [0.1, 0.15) is 11.1 Å². The molecule has 0 aliphatic rings. The second-order valence-electron chi connectivity index (χ2n) is 4.66. The first-order valence-corrected chi connectivity index (χ1v) is 8.22. The first-order valence-electron chi connectivity index (χ1n) is 5.99. The fourth-order valence-electron chi connectivity index (χ4n) is 1.83. The molecule has 0 aromatic heterocycles. The Hall–Kier alpha value is -1.43. The number of benzene rings is 2. The molecule has 2 rings (SSSR count). The summed E-state index contributed by atoms with van der Waals surface area (Å²) in [7, 11) is -3.76. The van der Waals surface area contributed by atoms with Gasteiger partial charge in [-0.25, -0.2) is 8.42 Å². The molecule has 0 spiro atoms. The predicted octanol–water partition coefficient (Wildman–Crippen LogP) is 4.12. The van der Waals surface area contributed by atoms with Gasteiger partial charge in [-0.05, 0) is 43.2 Å². The largest absolute Gasteiger partial charge is 0.505 e. The number of halogens is 2. The first-order chi connectivity index (χ1) is 9.70. The lowest BCUT2D eigenvalue weighted by Crippen LogP contribution is -2.14. The van der Waals surface area contributed by atoms with E-state index >= 15 is 0 Å². The molecule has 2 aromatic carbocycles. The summed E-state index contributed by atoms with van der Waals surface area (Å²) in [5, 5.41) is 9.43. The fourth-order valence-corrected chi connectivity index (χ4v) is 3.69. The van der Waals surface area contributed by atoms with E-state index < -0.39 is 10.0 Å². The molecule has 0 aliphatic carbocycles. The van der Waals surface area contributed by atoms with Gasteiger partial charge in [0.2, 0.25) is 0 Å². The number of nitrogens with one attached hydrogen (secondary N) is 1. The smallest absolute Gasteiger partial charge is 0.262 e. The highest BCUT2D eigenvalue weighted by atomic mass is 35.5. The van der Waals surface area contributed by atoms with E-state index in [0.29, 0.717) is 5.56 Å². The van der Waals surface area contributed by atoms with Gasteiger partial charge in [-0.1, -0.05) is 35.3 Å². The van der Waals surface area contributed by atoms with Crippen LogP contribution in [0.4, 0.5) is 5.69 Å². The van der Waals surface area contributed by atoms with Gasteiger partial charge in [0, 0.05) is 0 Å². The van der Waals surface area contributed by atoms with Crippen molar-refractivity contribution in [1.29, 1.82) is 0 Å². The molecule has 0 saturated heterocycles. The quantitative estimate of drug-likeness (QED) is 0.822. The Balaban J connectivity index is 2.45. The van der Waals surface area contributed by atoms with E-state index in [1.165, 1.54) is 12.1 Å². The number of anilines is 1. The Kier molecular flexibility index (Phi) is 4.37. The van der Waals surface area contributed by atoms with Gasteiger partial charge in [-0.15, -0.1) is 0 Å². The molecule has 4 nitrogen and oxygen atoms in total. The molecule has 0 unspecified atom stereocenters. The van der Waals surface area contributed by atoms with E-state index in [-0.39, 0.29) is 26.4 Å². The predicted molar refractivity (Wildman–Crippen MR) is 84.9 cm³/mol. The Morgan fingerprint density at radius 1 is 1.05 bits per heavy atom. The van der Waals surface area contributed by atoms with Crippen LogP contribution in [0.5, 0.6) is 5.75 Å². The number of aryl methyl sites for hydroxylation is 2. The fraction of sp³-hybridized carbons (Fsp3) is 0.143. The average molecular weight is 346 g/mol. The molecule has 0 atom stereocenters. The molecule has 0 aliphatic heterocycles. The van der Waals surface area contributed by atoms with Crippen molar-refractivity contribution in [3.63, 3.8) is 0 Å². The van der Waals surface area contributed by atoms with Gasteiger partial charge in [0.05, 0.1) is 20.6 Å². The molecule has 7 heteroatoms. The number of phenols is 1. The van der Waals surface area contributed by atoms with Crippen molar-refractivity contribution >= 4 is 38.9 Å². The van der Waals surface area contributed by atoms with Crippen molar-refractivity contribution in [2.45, 2.75) is 18.7 Å². The minimum absolute atomic E-state index is 0.0267. The maximum atomic E-state index is 12.4. The number of phenolic OH excluding ortho intramolecular Hbond substituents is 1. The molecule has 2 aromatic rings. The lowest BCUT2D eigenvalue weighted by Gasteiger charge is -2.12. The van der Waals surface area contributed by atoms with Gasteiger partial charge in [-0.2, -0.15) is 0 Å². The summed E-state index contributed by atoms with van der Waals surface area (Å²) >= 11 is 11.6. The minimum Gasteiger partial charge on any atom is -0.505 e. The zero-order valence-electron chi connectivity index (χ0n) is 11.3. The normalized spacial score (nSPS) is 11.4. The van der Waals surface area contributed by atoms with E-state index in [4.69, 9.17) is 23.2 Å². The van der Waals surface area contributed by atoms with Crippen LogP contribution in [0, 0.1) is 13.8 Å². The number of sulfonamides is 1. The van der Waals surface area contributed by atoms with E-state index in [1.807, 2.05) is 13.0 Å². The summed E-state index contributed by atoms with van der Waals surface area (Å²) in [6.07, 6.45) is 0. The third kappa shape index (κ3) is 3.43. The second kappa shape index (κ2) is 5.75. The summed E-state index contributed by atoms with van der Waals surface area (Å²) in [5.41, 5.74) is 1.65. The summed E-state index contributed by atoms with van der Waals surface area (Å²) in [6.45, 7) is 3.53. The van der Waals surface area contributed by atoms with Crippen LogP contribution in [0.15, 0.2) is 35.2 Å². The van der Waals surface area contributed by atoms with Crippen LogP contribution in [0.3, 0.4) is 0 Å². The van der Waals surface area contributed by atoms with Crippen molar-refractivity contribution in [2.75, 3.05) is 4.72 Å². The van der Waals surface area contributed by atoms with Crippen molar-refractivity contribution in [3.05, 3.63) is 51.5 Å². The highest BCUT2D eigenvalue weighted by Crippen LogP contribution is 2.35. The maximum absolute atomic E-state index is 12.4. The van der Waals surface area contributed by atoms with Crippen molar-refractivity contribution in [2.24, 2.45) is 0 Å². The molecule has 0 fully saturated rings. The van der Waals surface area contributed by atoms with Crippen LogP contribution in [0.25, 0.3) is 0 Å². The molecular weight excluding hydrogens is 333 g/mol. The molecule has 0 bridgehead atoms. The second-order valence-corrected chi connectivity index (χ2v) is 7.13. The van der Waals surface area contributed by atoms with Gasteiger partial charge < -0.3 is 5.11 Å². The van der Waals surface area contributed by atoms with E-state index in [1.54, 1.807) is 19.1 Å². The number of rotatable bonds is 3. The molecule has 0 amide bonds. The molecule has 0 heterocycles. The van der Waals surface area contributed by atoms with E-state index in [2.05, 4.69) is 4.72 Å². The highest BCUT2D eigenvalue weighted by Gasteiger charge is 2.18. The summed E-state index contributed by atoms with van der Waals surface area (Å²) < 4.78 is 27.2. The zero-order chi connectivity index (χ0) is 15.8. The van der Waals surface area contributed by atoms with Gasteiger partial charge in [0.25, 0.3) is 10.0 Å². The van der Waals surface area contributed by atoms with Gasteiger partial charge in [-0.3, -0.25) is 4.72 Å². The lowest BCUT2D eigenvalue weighted by atomic mass is 10.2. The van der Waals surface area contributed by atoms with Gasteiger partial charge in [0.1, 0.15) is 0 Å². The number of aromatic hydroxyl groups is 1. The number of hydrogen-bond donors (Lipinski definition) is 2. The highest BCUT2D eigenvalue weighted by molar-refractivity contribution is 7.92. The Labute approximate surface area is 133 Å². The molecule has 21 heavy (non-hydrogen) atoms. The third-order valence-electron chi connectivity index (χ3n) is 2.90. The maximum Gasteiger partial charge on any atom is 0.262 e. The van der Waals surface area contributed by atoms with Crippen molar-refractivity contribution in [1.82, 2.24) is 0 Å². The topological polar surface area (TPSA) is 66.4 Å². The summed E-state index contributed by atoms with van der Waals surface area (Å²) in [6, 6.07) is 7.75. The SMILES string of the molecule is Cc1ccc(C)c(S(=O)(=O)Nc2cc(Cl)c(O)c(Cl)c2)c1. The molecule has 112 valence electrons.